The summed E-state index contributed by atoms with van der Waals surface area (Å²) in [6, 6.07) is 8.66. The first-order valence-electron chi connectivity index (χ1n) is 10.2. The Morgan fingerprint density at radius 3 is 2.48 bits per heavy atom. The molecule has 2 heterocycles. The highest BCUT2D eigenvalue weighted by Gasteiger charge is 2.18. The Hall–Kier alpha value is -3.33. The van der Waals surface area contributed by atoms with E-state index in [0.717, 1.165) is 37.6 Å². The van der Waals surface area contributed by atoms with Crippen molar-refractivity contribution < 1.29 is 19.1 Å². The normalized spacial score (nSPS) is 14.1. The number of likely N-dealkylation sites (N-methyl/N-ethyl adjacent to an activating group) is 1. The van der Waals surface area contributed by atoms with Crippen molar-refractivity contribution >= 4 is 17.6 Å². The van der Waals surface area contributed by atoms with Gasteiger partial charge in [-0.25, -0.2) is 4.98 Å². The van der Waals surface area contributed by atoms with E-state index in [0.29, 0.717) is 23.6 Å². The molecule has 2 aromatic rings. The number of carbonyl (C=O) groups is 2. The van der Waals surface area contributed by atoms with Gasteiger partial charge in [0.2, 0.25) is 5.91 Å². The summed E-state index contributed by atoms with van der Waals surface area (Å²) >= 11 is 0. The van der Waals surface area contributed by atoms with Crippen LogP contribution in [0.2, 0.25) is 0 Å². The Kier molecular flexibility index (Phi) is 7.66. The van der Waals surface area contributed by atoms with Gasteiger partial charge in [0.05, 0.1) is 20.8 Å². The van der Waals surface area contributed by atoms with E-state index < -0.39 is 0 Å². The summed E-state index contributed by atoms with van der Waals surface area (Å²) in [6.45, 7) is 3.97. The van der Waals surface area contributed by atoms with Crippen molar-refractivity contribution in [3.63, 3.8) is 0 Å². The molecule has 1 aliphatic heterocycles. The number of pyridine rings is 1. The molecule has 3 rings (SSSR count). The molecule has 0 saturated carbocycles. The van der Waals surface area contributed by atoms with E-state index in [4.69, 9.17) is 9.47 Å². The summed E-state index contributed by atoms with van der Waals surface area (Å²) in [5.74, 6) is 1.24. The number of anilines is 1. The van der Waals surface area contributed by atoms with Crippen molar-refractivity contribution in [1.29, 1.82) is 0 Å². The zero-order valence-electron chi connectivity index (χ0n) is 18.2. The van der Waals surface area contributed by atoms with Crippen molar-refractivity contribution in [2.45, 2.75) is 6.54 Å². The minimum atomic E-state index is -0.365. The number of rotatable bonds is 8. The summed E-state index contributed by atoms with van der Waals surface area (Å²) in [5, 5.41) is 5.49. The number of hydrogen-bond donors (Lipinski definition) is 2. The molecular formula is C22H29N5O4. The lowest BCUT2D eigenvalue weighted by Gasteiger charge is -2.34. The molecule has 1 aromatic carbocycles. The second-order valence-electron chi connectivity index (χ2n) is 7.31. The van der Waals surface area contributed by atoms with E-state index in [-0.39, 0.29) is 18.4 Å². The van der Waals surface area contributed by atoms with Crippen molar-refractivity contribution in [2.24, 2.45) is 0 Å². The maximum absolute atomic E-state index is 12.4. The number of nitrogens with one attached hydrogen (secondary N) is 2. The van der Waals surface area contributed by atoms with Gasteiger partial charge in [-0.3, -0.25) is 9.59 Å². The molecule has 2 amide bonds. The number of methoxy groups -OCH3 is 2. The minimum absolute atomic E-state index is 0.128. The molecular weight excluding hydrogens is 398 g/mol. The van der Waals surface area contributed by atoms with Gasteiger partial charge >= 0.3 is 0 Å². The van der Waals surface area contributed by atoms with Crippen LogP contribution in [0.1, 0.15) is 15.9 Å². The molecule has 9 heteroatoms. The Morgan fingerprint density at radius 1 is 1.03 bits per heavy atom. The Balaban J connectivity index is 1.52. The van der Waals surface area contributed by atoms with Crippen LogP contribution in [0.3, 0.4) is 0 Å². The third kappa shape index (κ3) is 5.85. The summed E-state index contributed by atoms with van der Waals surface area (Å²) in [6.07, 6.45) is 1.77. The van der Waals surface area contributed by atoms with Crippen LogP contribution in [0.15, 0.2) is 36.5 Å². The first kappa shape index (κ1) is 22.4. The second-order valence-corrected chi connectivity index (χ2v) is 7.31. The first-order valence-corrected chi connectivity index (χ1v) is 10.2. The molecule has 1 fully saturated rings. The average molecular weight is 428 g/mol. The number of piperazine rings is 1. The lowest BCUT2D eigenvalue weighted by atomic mass is 10.2. The van der Waals surface area contributed by atoms with Gasteiger partial charge in [-0.15, -0.1) is 0 Å². The standard InChI is InChI=1S/C22H29N5O4/c1-26-9-11-27(12-10-26)21-17(5-4-8-23-21)14-24-20(28)15-25-22(29)16-6-7-18(30-2)19(13-16)31-3/h4-8,13H,9-12,14-15H2,1-3H3,(H,24,28)(H,25,29). The van der Waals surface area contributed by atoms with Crippen molar-refractivity contribution in [3.05, 3.63) is 47.7 Å². The quantitative estimate of drug-likeness (QED) is 0.646. The van der Waals surface area contributed by atoms with E-state index in [1.807, 2.05) is 12.1 Å². The lowest BCUT2D eigenvalue weighted by Crippen LogP contribution is -2.45. The monoisotopic (exact) mass is 427 g/mol. The predicted octanol–water partition coefficient (Wildman–Crippen LogP) is 0.897. The van der Waals surface area contributed by atoms with Gasteiger partial charge < -0.3 is 29.9 Å². The van der Waals surface area contributed by atoms with Gasteiger partial charge in [0.15, 0.2) is 11.5 Å². The zero-order valence-corrected chi connectivity index (χ0v) is 18.2. The largest absolute Gasteiger partial charge is 0.493 e. The minimum Gasteiger partial charge on any atom is -0.493 e. The Labute approximate surface area is 182 Å². The second kappa shape index (κ2) is 10.6. The SMILES string of the molecule is COc1ccc(C(=O)NCC(=O)NCc2cccnc2N2CCN(C)CC2)cc1OC. The molecule has 1 saturated heterocycles. The molecule has 166 valence electrons. The molecule has 0 aliphatic carbocycles. The van der Waals surface area contributed by atoms with Gasteiger partial charge in [-0.05, 0) is 31.3 Å². The lowest BCUT2D eigenvalue weighted by molar-refractivity contribution is -0.120. The van der Waals surface area contributed by atoms with Crippen LogP contribution in [-0.4, -0.2) is 75.7 Å². The van der Waals surface area contributed by atoms with Crippen LogP contribution in [0.4, 0.5) is 5.82 Å². The Bertz CT molecular complexity index is 913. The molecule has 1 aromatic heterocycles. The maximum Gasteiger partial charge on any atom is 0.251 e. The van der Waals surface area contributed by atoms with Crippen LogP contribution >= 0.6 is 0 Å². The zero-order chi connectivity index (χ0) is 22.2. The van der Waals surface area contributed by atoms with Crippen molar-refractivity contribution in [3.8, 4) is 11.5 Å². The van der Waals surface area contributed by atoms with E-state index in [1.165, 1.54) is 14.2 Å². The molecule has 0 unspecified atom stereocenters. The van der Waals surface area contributed by atoms with Gasteiger partial charge in [0.25, 0.3) is 5.91 Å². The van der Waals surface area contributed by atoms with Crippen LogP contribution in [0, 0.1) is 0 Å². The third-order valence-corrected chi connectivity index (χ3v) is 5.20. The van der Waals surface area contributed by atoms with Crippen LogP contribution < -0.4 is 25.0 Å². The molecule has 0 spiro atoms. The molecule has 2 N–H and O–H groups in total. The molecule has 0 bridgehead atoms. The highest BCUT2D eigenvalue weighted by molar-refractivity contribution is 5.97. The molecule has 1 aliphatic rings. The first-order chi connectivity index (χ1) is 15.0. The molecule has 0 atom stereocenters. The number of aromatic nitrogens is 1. The van der Waals surface area contributed by atoms with E-state index >= 15 is 0 Å². The van der Waals surface area contributed by atoms with Gasteiger partial charge in [-0.1, -0.05) is 6.07 Å². The molecule has 0 radical (unpaired) electrons. The van der Waals surface area contributed by atoms with E-state index in [2.05, 4.69) is 32.5 Å². The number of nitrogens with zero attached hydrogens (tertiary/aromatic N) is 3. The van der Waals surface area contributed by atoms with Crippen LogP contribution in [0.5, 0.6) is 11.5 Å². The average Bonchev–Trinajstić information content (AvgIpc) is 2.81. The van der Waals surface area contributed by atoms with E-state index in [1.54, 1.807) is 24.4 Å². The van der Waals surface area contributed by atoms with Crippen LogP contribution in [-0.2, 0) is 11.3 Å². The summed E-state index contributed by atoms with van der Waals surface area (Å²) in [7, 11) is 5.13. The highest BCUT2D eigenvalue weighted by Crippen LogP contribution is 2.27. The predicted molar refractivity (Wildman–Crippen MR) is 118 cm³/mol. The Morgan fingerprint density at radius 2 is 1.77 bits per heavy atom. The molecule has 9 nitrogen and oxygen atoms in total. The van der Waals surface area contributed by atoms with Crippen molar-refractivity contribution in [1.82, 2.24) is 20.5 Å². The summed E-state index contributed by atoms with van der Waals surface area (Å²) in [5.41, 5.74) is 1.33. The third-order valence-electron chi connectivity index (χ3n) is 5.20. The highest BCUT2D eigenvalue weighted by atomic mass is 16.5. The van der Waals surface area contributed by atoms with Gasteiger partial charge in [0.1, 0.15) is 5.82 Å². The fourth-order valence-electron chi connectivity index (χ4n) is 3.37. The van der Waals surface area contributed by atoms with Gasteiger partial charge in [0, 0.05) is 50.0 Å². The number of amides is 2. The fraction of sp³-hybridized carbons (Fsp3) is 0.409. The van der Waals surface area contributed by atoms with Crippen molar-refractivity contribution in [2.75, 3.05) is 58.9 Å². The van der Waals surface area contributed by atoms with Gasteiger partial charge in [-0.2, -0.15) is 0 Å². The maximum atomic E-state index is 12.4. The number of hydrogen-bond acceptors (Lipinski definition) is 7. The summed E-state index contributed by atoms with van der Waals surface area (Å²) < 4.78 is 10.4. The fourth-order valence-corrected chi connectivity index (χ4v) is 3.37. The topological polar surface area (TPSA) is 96.0 Å². The number of benzene rings is 1. The smallest absolute Gasteiger partial charge is 0.251 e. The summed E-state index contributed by atoms with van der Waals surface area (Å²) in [4.78, 5) is 33.7. The van der Waals surface area contributed by atoms with Crippen LogP contribution in [0.25, 0.3) is 0 Å². The number of carbonyl (C=O) groups excluding carboxylic acids is 2. The number of ether oxygens (including phenoxy) is 2. The molecule has 31 heavy (non-hydrogen) atoms. The van der Waals surface area contributed by atoms with E-state index in [9.17, 15) is 9.59 Å².